The van der Waals surface area contributed by atoms with Crippen molar-refractivity contribution in [3.63, 3.8) is 0 Å². The third kappa shape index (κ3) is 18.0. The van der Waals surface area contributed by atoms with E-state index in [4.69, 9.17) is 21.0 Å². The molecule has 0 aliphatic carbocycles. The minimum atomic E-state index is -0.743. The van der Waals surface area contributed by atoms with Gasteiger partial charge in [0.25, 0.3) is 0 Å². The molecule has 0 saturated heterocycles. The summed E-state index contributed by atoms with van der Waals surface area (Å²) in [5, 5.41) is 8.49. The van der Waals surface area contributed by atoms with Crippen LogP contribution in [0.3, 0.4) is 0 Å². The van der Waals surface area contributed by atoms with E-state index in [2.05, 4.69) is 24.1 Å². The first kappa shape index (κ1) is 21.9. The van der Waals surface area contributed by atoms with Crippen LogP contribution >= 0.6 is 0 Å². The van der Waals surface area contributed by atoms with E-state index in [1.165, 1.54) is 0 Å². The number of carboxylic acid groups (broad SMARTS) is 1. The predicted octanol–water partition coefficient (Wildman–Crippen LogP) is 3.50. The lowest BCUT2D eigenvalue weighted by Gasteiger charge is -2.03. The number of carbonyl (C=O) groups excluding carboxylic acids is 1. The zero-order chi connectivity index (χ0) is 17.9. The molecule has 5 heteroatoms. The number of hydrogen-bond donors (Lipinski definition) is 1. The third-order valence-corrected chi connectivity index (χ3v) is 3.02. The van der Waals surface area contributed by atoms with E-state index >= 15 is 0 Å². The largest absolute Gasteiger partial charge is 0.481 e. The second-order valence-electron chi connectivity index (χ2n) is 5.18. The van der Waals surface area contributed by atoms with Gasteiger partial charge in [0.15, 0.2) is 0 Å². The summed E-state index contributed by atoms with van der Waals surface area (Å²) < 4.78 is 9.99. The van der Waals surface area contributed by atoms with Gasteiger partial charge in [0.05, 0.1) is 6.61 Å². The fourth-order valence-corrected chi connectivity index (χ4v) is 1.82. The van der Waals surface area contributed by atoms with Gasteiger partial charge in [0.1, 0.15) is 13.2 Å². The van der Waals surface area contributed by atoms with Gasteiger partial charge in [-0.25, -0.2) is 0 Å². The Morgan fingerprint density at radius 3 is 2.08 bits per heavy atom. The van der Waals surface area contributed by atoms with Gasteiger partial charge in [0.2, 0.25) is 0 Å². The van der Waals surface area contributed by atoms with Crippen molar-refractivity contribution < 1.29 is 24.2 Å². The van der Waals surface area contributed by atoms with E-state index in [-0.39, 0.29) is 25.6 Å². The molecule has 0 aromatic rings. The average molecular weight is 336 g/mol. The molecule has 0 aromatic heterocycles. The molecule has 0 unspecified atom stereocenters. The zero-order valence-corrected chi connectivity index (χ0v) is 14.2. The van der Waals surface area contributed by atoms with E-state index in [0.717, 1.165) is 32.1 Å². The van der Waals surface area contributed by atoms with Crippen LogP contribution in [0.15, 0.2) is 24.3 Å². The zero-order valence-electron chi connectivity index (χ0n) is 14.2. The van der Waals surface area contributed by atoms with Crippen LogP contribution in [0, 0.1) is 12.3 Å². The number of hydrogen-bond acceptors (Lipinski definition) is 4. The quantitative estimate of drug-likeness (QED) is 0.214. The molecule has 0 aromatic carbocycles. The normalized spacial score (nSPS) is 11.0. The SMILES string of the molecule is C#CCOCCOC(=O)CCC/C=C\CC/C=C\CCCC(=O)O. The molecule has 5 nitrogen and oxygen atoms in total. The number of esters is 1. The highest BCUT2D eigenvalue weighted by Gasteiger charge is 2.01. The summed E-state index contributed by atoms with van der Waals surface area (Å²) in [5.41, 5.74) is 0. The number of terminal acetylenes is 1. The number of aliphatic carboxylic acids is 1. The molecule has 0 aliphatic rings. The van der Waals surface area contributed by atoms with E-state index < -0.39 is 5.97 Å². The molecule has 0 bridgehead atoms. The van der Waals surface area contributed by atoms with Crippen molar-refractivity contribution in [3.05, 3.63) is 24.3 Å². The molecular formula is C19H28O5. The van der Waals surface area contributed by atoms with Crippen molar-refractivity contribution in [2.45, 2.75) is 51.4 Å². The Kier molecular flexibility index (Phi) is 15.8. The number of ether oxygens (including phenoxy) is 2. The Labute approximate surface area is 144 Å². The van der Waals surface area contributed by atoms with Gasteiger partial charge < -0.3 is 14.6 Å². The van der Waals surface area contributed by atoms with Gasteiger partial charge in [-0.1, -0.05) is 30.2 Å². The standard InChI is InChI=1S/C19H28O5/c1-2-15-23-16-17-24-19(22)14-12-10-8-6-4-3-5-7-9-11-13-18(20)21/h1,5-8H,3-4,9-17H2,(H,20,21)/b7-5-,8-6-. The van der Waals surface area contributed by atoms with Crippen LogP contribution in [0.2, 0.25) is 0 Å². The average Bonchev–Trinajstić information content (AvgIpc) is 2.55. The van der Waals surface area contributed by atoms with E-state index in [0.29, 0.717) is 19.4 Å². The first-order valence-corrected chi connectivity index (χ1v) is 8.35. The van der Waals surface area contributed by atoms with Gasteiger partial charge in [-0.05, 0) is 38.5 Å². The highest BCUT2D eigenvalue weighted by Crippen LogP contribution is 2.02. The number of unbranched alkanes of at least 4 members (excludes halogenated alkanes) is 3. The third-order valence-electron chi connectivity index (χ3n) is 3.02. The molecule has 0 atom stereocenters. The van der Waals surface area contributed by atoms with Gasteiger partial charge in [0, 0.05) is 12.8 Å². The number of carbonyl (C=O) groups is 2. The summed E-state index contributed by atoms with van der Waals surface area (Å²) in [7, 11) is 0. The van der Waals surface area contributed by atoms with Gasteiger partial charge in [-0.15, -0.1) is 6.42 Å². The fourth-order valence-electron chi connectivity index (χ4n) is 1.82. The van der Waals surface area contributed by atoms with E-state index in [9.17, 15) is 9.59 Å². The van der Waals surface area contributed by atoms with Crippen molar-refractivity contribution in [1.29, 1.82) is 0 Å². The van der Waals surface area contributed by atoms with Crippen molar-refractivity contribution >= 4 is 11.9 Å². The lowest BCUT2D eigenvalue weighted by atomic mass is 10.2. The van der Waals surface area contributed by atoms with Crippen LogP contribution in [0.1, 0.15) is 51.4 Å². The Bertz CT molecular complexity index is 432. The van der Waals surface area contributed by atoms with Crippen molar-refractivity contribution in [2.24, 2.45) is 0 Å². The number of allylic oxidation sites excluding steroid dienone is 4. The molecule has 0 amide bonds. The second kappa shape index (κ2) is 17.3. The molecular weight excluding hydrogens is 308 g/mol. The van der Waals surface area contributed by atoms with Crippen molar-refractivity contribution in [2.75, 3.05) is 19.8 Å². The van der Waals surface area contributed by atoms with Crippen LogP contribution in [0.25, 0.3) is 0 Å². The number of rotatable bonds is 15. The molecule has 0 spiro atoms. The Morgan fingerprint density at radius 2 is 1.50 bits per heavy atom. The van der Waals surface area contributed by atoms with E-state index in [1.807, 2.05) is 6.08 Å². The smallest absolute Gasteiger partial charge is 0.305 e. The molecule has 0 rings (SSSR count). The molecule has 0 heterocycles. The van der Waals surface area contributed by atoms with Gasteiger partial charge >= 0.3 is 11.9 Å². The minimum absolute atomic E-state index is 0.211. The first-order valence-electron chi connectivity index (χ1n) is 8.35. The second-order valence-corrected chi connectivity index (χ2v) is 5.18. The summed E-state index contributed by atoms with van der Waals surface area (Å²) in [5.74, 6) is 1.39. The lowest BCUT2D eigenvalue weighted by molar-refractivity contribution is -0.145. The van der Waals surface area contributed by atoms with Crippen LogP contribution < -0.4 is 0 Å². The summed E-state index contributed by atoms with van der Waals surface area (Å²) in [6.45, 7) is 0.814. The summed E-state index contributed by atoms with van der Waals surface area (Å²) in [6, 6.07) is 0. The van der Waals surface area contributed by atoms with Crippen LogP contribution in [0.5, 0.6) is 0 Å². The van der Waals surface area contributed by atoms with Crippen molar-refractivity contribution in [3.8, 4) is 12.3 Å². The van der Waals surface area contributed by atoms with Crippen LogP contribution in [-0.2, 0) is 19.1 Å². The molecule has 1 N–H and O–H groups in total. The molecule has 0 aliphatic heterocycles. The summed E-state index contributed by atoms with van der Waals surface area (Å²) >= 11 is 0. The molecule has 0 fully saturated rings. The Balaban J connectivity index is 3.37. The highest BCUT2D eigenvalue weighted by atomic mass is 16.6. The molecule has 134 valence electrons. The van der Waals surface area contributed by atoms with Crippen LogP contribution in [-0.4, -0.2) is 36.9 Å². The monoisotopic (exact) mass is 336 g/mol. The topological polar surface area (TPSA) is 72.8 Å². The maximum Gasteiger partial charge on any atom is 0.305 e. The van der Waals surface area contributed by atoms with E-state index in [1.54, 1.807) is 0 Å². The summed E-state index contributed by atoms with van der Waals surface area (Å²) in [6.07, 6.45) is 18.9. The Hall–Kier alpha value is -2.06. The fraction of sp³-hybridized carbons (Fsp3) is 0.579. The highest BCUT2D eigenvalue weighted by molar-refractivity contribution is 5.69. The predicted molar refractivity (Wildman–Crippen MR) is 93.5 cm³/mol. The maximum absolute atomic E-state index is 11.4. The lowest BCUT2D eigenvalue weighted by Crippen LogP contribution is -2.10. The van der Waals surface area contributed by atoms with Gasteiger partial charge in [-0.3, -0.25) is 9.59 Å². The van der Waals surface area contributed by atoms with Crippen molar-refractivity contribution in [1.82, 2.24) is 0 Å². The molecule has 0 radical (unpaired) electrons. The first-order chi connectivity index (χ1) is 11.7. The minimum Gasteiger partial charge on any atom is -0.481 e. The molecule has 0 saturated carbocycles. The molecule has 24 heavy (non-hydrogen) atoms. The Morgan fingerprint density at radius 1 is 0.917 bits per heavy atom. The van der Waals surface area contributed by atoms with Crippen LogP contribution in [0.4, 0.5) is 0 Å². The maximum atomic E-state index is 11.4. The van der Waals surface area contributed by atoms with Gasteiger partial charge in [-0.2, -0.15) is 0 Å². The number of carboxylic acids is 1. The summed E-state index contributed by atoms with van der Waals surface area (Å²) in [4.78, 5) is 21.7.